The van der Waals surface area contributed by atoms with Crippen LogP contribution in [0, 0.1) is 0 Å². The molecule has 2 aromatic rings. The number of halogens is 1. The maximum absolute atomic E-state index is 11.5. The average molecular weight is 238 g/mol. The van der Waals surface area contributed by atoms with Gasteiger partial charge in [0.25, 0.3) is 0 Å². The lowest BCUT2D eigenvalue weighted by atomic mass is 10.1. The number of hydrogen-bond acceptors (Lipinski definition) is 4. The zero-order valence-electron chi connectivity index (χ0n) is 8.40. The average Bonchev–Trinajstić information content (AvgIpc) is 2.28. The summed E-state index contributed by atoms with van der Waals surface area (Å²) in [6, 6.07) is 4.86. The van der Waals surface area contributed by atoms with Gasteiger partial charge < -0.3 is 9.84 Å². The molecule has 82 valence electrons. The number of methoxy groups -OCH3 is 1. The second-order valence-electron chi connectivity index (χ2n) is 3.17. The fourth-order valence-electron chi connectivity index (χ4n) is 1.47. The molecule has 0 aliphatic rings. The summed E-state index contributed by atoms with van der Waals surface area (Å²) in [6.45, 7) is 0. The van der Waals surface area contributed by atoms with E-state index in [9.17, 15) is 9.90 Å². The summed E-state index contributed by atoms with van der Waals surface area (Å²) in [4.78, 5) is 15.5. The highest BCUT2D eigenvalue weighted by Gasteiger charge is 2.16. The number of carbonyl (C=O) groups is 1. The van der Waals surface area contributed by atoms with Crippen molar-refractivity contribution in [3.63, 3.8) is 0 Å². The Balaban J connectivity index is 2.79. The van der Waals surface area contributed by atoms with Gasteiger partial charge in [-0.3, -0.25) is 4.98 Å². The molecule has 1 aromatic heterocycles. The molecule has 0 amide bonds. The highest BCUT2D eigenvalue weighted by atomic mass is 35.5. The van der Waals surface area contributed by atoms with Gasteiger partial charge in [0.2, 0.25) is 0 Å². The molecular weight excluding hydrogens is 230 g/mol. The number of carbonyl (C=O) groups excluding carboxylic acids is 1. The van der Waals surface area contributed by atoms with Crippen molar-refractivity contribution in [2.75, 3.05) is 7.11 Å². The van der Waals surface area contributed by atoms with E-state index in [0.29, 0.717) is 15.9 Å². The van der Waals surface area contributed by atoms with Crippen molar-refractivity contribution in [1.29, 1.82) is 0 Å². The lowest BCUT2D eigenvalue weighted by molar-refractivity contribution is 0.0599. The van der Waals surface area contributed by atoms with E-state index >= 15 is 0 Å². The molecule has 1 heterocycles. The van der Waals surface area contributed by atoms with Gasteiger partial charge >= 0.3 is 5.97 Å². The van der Waals surface area contributed by atoms with E-state index < -0.39 is 5.97 Å². The van der Waals surface area contributed by atoms with Crippen LogP contribution in [0.3, 0.4) is 0 Å². The molecule has 0 spiro atoms. The van der Waals surface area contributed by atoms with Crippen molar-refractivity contribution >= 4 is 28.5 Å². The van der Waals surface area contributed by atoms with Crippen LogP contribution in [-0.2, 0) is 4.74 Å². The maximum atomic E-state index is 11.5. The Morgan fingerprint density at radius 1 is 1.50 bits per heavy atom. The Hall–Kier alpha value is -1.81. The molecule has 0 bridgehead atoms. The molecule has 0 atom stereocenters. The van der Waals surface area contributed by atoms with E-state index in [-0.39, 0.29) is 11.3 Å². The van der Waals surface area contributed by atoms with E-state index in [1.807, 2.05) is 0 Å². The zero-order chi connectivity index (χ0) is 11.7. The lowest BCUT2D eigenvalue weighted by Crippen LogP contribution is -2.03. The van der Waals surface area contributed by atoms with E-state index in [0.717, 1.165) is 0 Å². The van der Waals surface area contributed by atoms with Crippen LogP contribution in [0.2, 0.25) is 5.02 Å². The fraction of sp³-hybridized carbons (Fsp3) is 0.0909. The second-order valence-corrected chi connectivity index (χ2v) is 3.61. The van der Waals surface area contributed by atoms with E-state index in [4.69, 9.17) is 11.6 Å². The van der Waals surface area contributed by atoms with Gasteiger partial charge in [-0.2, -0.15) is 0 Å². The molecular formula is C11H8ClNO3. The van der Waals surface area contributed by atoms with Gasteiger partial charge in [0.15, 0.2) is 0 Å². The standard InChI is InChI=1S/C11H8ClNO3/c1-16-11(15)10-7-3-2-6(12)4-8(7)13-5-9(10)14/h2-5,14H,1H3. The molecule has 1 N–H and O–H groups in total. The molecule has 0 fully saturated rings. The largest absolute Gasteiger partial charge is 0.505 e. The zero-order valence-corrected chi connectivity index (χ0v) is 9.15. The van der Waals surface area contributed by atoms with Gasteiger partial charge in [-0.1, -0.05) is 17.7 Å². The van der Waals surface area contributed by atoms with Gasteiger partial charge in [0.05, 0.1) is 18.8 Å². The summed E-state index contributed by atoms with van der Waals surface area (Å²) < 4.78 is 4.60. The highest BCUT2D eigenvalue weighted by molar-refractivity contribution is 6.31. The molecule has 0 saturated heterocycles. The van der Waals surface area contributed by atoms with Crippen LogP contribution in [0.1, 0.15) is 10.4 Å². The smallest absolute Gasteiger partial charge is 0.342 e. The van der Waals surface area contributed by atoms with Crippen LogP contribution in [0.15, 0.2) is 24.4 Å². The molecule has 5 heteroatoms. The third-order valence-electron chi connectivity index (χ3n) is 2.20. The number of hydrogen-bond donors (Lipinski definition) is 1. The quantitative estimate of drug-likeness (QED) is 0.774. The molecule has 2 rings (SSSR count). The number of ether oxygens (including phenoxy) is 1. The maximum Gasteiger partial charge on any atom is 0.342 e. The molecule has 0 aliphatic heterocycles. The summed E-state index contributed by atoms with van der Waals surface area (Å²) in [5.74, 6) is -0.811. The van der Waals surface area contributed by atoms with Crippen molar-refractivity contribution in [3.05, 3.63) is 35.0 Å². The first-order valence-corrected chi connectivity index (χ1v) is 4.87. The Kier molecular flexibility index (Phi) is 2.66. The summed E-state index contributed by atoms with van der Waals surface area (Å²) in [5.41, 5.74) is 0.634. The molecule has 4 nitrogen and oxygen atoms in total. The monoisotopic (exact) mass is 237 g/mol. The summed E-state index contributed by atoms with van der Waals surface area (Å²) in [6.07, 6.45) is 1.20. The first-order chi connectivity index (χ1) is 7.63. The highest BCUT2D eigenvalue weighted by Crippen LogP contribution is 2.27. The van der Waals surface area contributed by atoms with Crippen molar-refractivity contribution in [1.82, 2.24) is 4.98 Å². The van der Waals surface area contributed by atoms with Crippen LogP contribution in [0.5, 0.6) is 5.75 Å². The van der Waals surface area contributed by atoms with Crippen LogP contribution < -0.4 is 0 Å². The Bertz CT molecular complexity index is 568. The predicted octanol–water partition coefficient (Wildman–Crippen LogP) is 2.38. The molecule has 1 aromatic carbocycles. The molecule has 0 saturated carbocycles. The lowest BCUT2D eigenvalue weighted by Gasteiger charge is -2.06. The Labute approximate surface area is 96.4 Å². The first kappa shape index (κ1) is 10.7. The number of nitrogens with zero attached hydrogens (tertiary/aromatic N) is 1. The third-order valence-corrected chi connectivity index (χ3v) is 2.44. The third kappa shape index (κ3) is 1.67. The van der Waals surface area contributed by atoms with Crippen LogP contribution in [-0.4, -0.2) is 23.2 Å². The normalized spacial score (nSPS) is 10.4. The minimum absolute atomic E-state index is 0.101. The minimum atomic E-state index is -0.604. The molecule has 16 heavy (non-hydrogen) atoms. The number of esters is 1. The van der Waals surface area contributed by atoms with E-state index in [2.05, 4.69) is 9.72 Å². The number of fused-ring (bicyclic) bond motifs is 1. The second kappa shape index (κ2) is 3.98. The van der Waals surface area contributed by atoms with Crippen LogP contribution in [0.4, 0.5) is 0 Å². The molecule has 0 unspecified atom stereocenters. The summed E-state index contributed by atoms with van der Waals surface area (Å²) in [7, 11) is 1.25. The van der Waals surface area contributed by atoms with Crippen molar-refractivity contribution in [2.24, 2.45) is 0 Å². The molecule has 0 radical (unpaired) electrons. The number of benzene rings is 1. The Morgan fingerprint density at radius 2 is 2.25 bits per heavy atom. The summed E-state index contributed by atoms with van der Waals surface area (Å²) in [5, 5.41) is 10.6. The van der Waals surface area contributed by atoms with Crippen LogP contribution >= 0.6 is 11.6 Å². The molecule has 0 aliphatic carbocycles. The van der Waals surface area contributed by atoms with Crippen molar-refractivity contribution in [2.45, 2.75) is 0 Å². The number of aromatic nitrogens is 1. The topological polar surface area (TPSA) is 59.4 Å². The number of aromatic hydroxyl groups is 1. The van der Waals surface area contributed by atoms with Gasteiger partial charge in [0, 0.05) is 10.4 Å². The van der Waals surface area contributed by atoms with Gasteiger partial charge in [-0.15, -0.1) is 0 Å². The van der Waals surface area contributed by atoms with Gasteiger partial charge in [-0.25, -0.2) is 4.79 Å². The van der Waals surface area contributed by atoms with Crippen molar-refractivity contribution in [3.8, 4) is 5.75 Å². The summed E-state index contributed by atoms with van der Waals surface area (Å²) >= 11 is 5.81. The van der Waals surface area contributed by atoms with E-state index in [1.165, 1.54) is 13.3 Å². The number of rotatable bonds is 1. The number of pyridine rings is 1. The Morgan fingerprint density at radius 3 is 2.94 bits per heavy atom. The van der Waals surface area contributed by atoms with E-state index in [1.54, 1.807) is 18.2 Å². The van der Waals surface area contributed by atoms with Gasteiger partial charge in [0.1, 0.15) is 11.3 Å². The minimum Gasteiger partial charge on any atom is -0.505 e. The fourth-order valence-corrected chi connectivity index (χ4v) is 1.64. The van der Waals surface area contributed by atoms with Gasteiger partial charge in [-0.05, 0) is 12.1 Å². The van der Waals surface area contributed by atoms with Crippen molar-refractivity contribution < 1.29 is 14.6 Å². The predicted molar refractivity (Wildman–Crippen MR) is 59.8 cm³/mol. The SMILES string of the molecule is COC(=O)c1c(O)cnc2cc(Cl)ccc12. The van der Waals surface area contributed by atoms with Crippen LogP contribution in [0.25, 0.3) is 10.9 Å². The first-order valence-electron chi connectivity index (χ1n) is 4.49.